The molecule has 0 radical (unpaired) electrons. The molecule has 0 aliphatic carbocycles. The fourth-order valence-electron chi connectivity index (χ4n) is 4.58. The molecule has 0 spiro atoms. The van der Waals surface area contributed by atoms with Gasteiger partial charge in [-0.3, -0.25) is 4.79 Å². The van der Waals surface area contributed by atoms with Crippen molar-refractivity contribution in [1.29, 1.82) is 0 Å². The van der Waals surface area contributed by atoms with Crippen LogP contribution in [0.1, 0.15) is 35.4 Å². The maximum absolute atomic E-state index is 14.8. The van der Waals surface area contributed by atoms with Gasteiger partial charge in [0, 0.05) is 30.1 Å². The molecule has 2 atom stereocenters. The van der Waals surface area contributed by atoms with E-state index in [9.17, 15) is 22.8 Å². The molecule has 1 saturated heterocycles. The molecule has 206 valence electrons. The summed E-state index contributed by atoms with van der Waals surface area (Å²) in [5, 5.41) is 6.04. The van der Waals surface area contributed by atoms with Crippen LogP contribution in [0.4, 0.5) is 23.7 Å². The van der Waals surface area contributed by atoms with Crippen LogP contribution in [0.5, 0.6) is 0 Å². The van der Waals surface area contributed by atoms with Gasteiger partial charge in [-0.2, -0.15) is 0 Å². The van der Waals surface area contributed by atoms with Crippen LogP contribution in [0.15, 0.2) is 66.7 Å². The van der Waals surface area contributed by atoms with Gasteiger partial charge in [-0.25, -0.2) is 18.0 Å². The van der Waals surface area contributed by atoms with Crippen molar-refractivity contribution in [1.82, 2.24) is 5.32 Å². The van der Waals surface area contributed by atoms with Crippen molar-refractivity contribution in [3.8, 4) is 0 Å². The van der Waals surface area contributed by atoms with E-state index in [4.69, 9.17) is 15.2 Å². The smallest absolute Gasteiger partial charge is 0.404 e. The Morgan fingerprint density at radius 2 is 1.64 bits per heavy atom. The van der Waals surface area contributed by atoms with E-state index in [1.54, 1.807) is 30.3 Å². The Morgan fingerprint density at radius 3 is 2.21 bits per heavy atom. The van der Waals surface area contributed by atoms with Gasteiger partial charge in [0.05, 0.1) is 18.8 Å². The second-order valence-electron chi connectivity index (χ2n) is 9.40. The first kappa shape index (κ1) is 28.1. The van der Waals surface area contributed by atoms with Gasteiger partial charge >= 0.3 is 6.09 Å². The molecule has 7 nitrogen and oxygen atoms in total. The lowest BCUT2D eigenvalue weighted by Gasteiger charge is -2.30. The molecule has 39 heavy (non-hydrogen) atoms. The number of primary amides is 1. The van der Waals surface area contributed by atoms with Gasteiger partial charge in [0.15, 0.2) is 0 Å². The number of halogens is 3. The van der Waals surface area contributed by atoms with Crippen LogP contribution in [0, 0.1) is 17.5 Å². The summed E-state index contributed by atoms with van der Waals surface area (Å²) in [6.45, 7) is 0.898. The van der Waals surface area contributed by atoms with Gasteiger partial charge in [-0.15, -0.1) is 0 Å². The third-order valence-electron chi connectivity index (χ3n) is 6.64. The molecule has 1 heterocycles. The van der Waals surface area contributed by atoms with Crippen molar-refractivity contribution < 1.29 is 32.2 Å². The molecule has 1 fully saturated rings. The molecule has 0 bridgehead atoms. The molecule has 0 aromatic heterocycles. The zero-order valence-electron chi connectivity index (χ0n) is 21.2. The zero-order chi connectivity index (χ0) is 27.8. The minimum atomic E-state index is -0.852. The lowest BCUT2D eigenvalue weighted by atomic mass is 9.88. The molecular formula is C29H30F3N3O4. The lowest BCUT2D eigenvalue weighted by molar-refractivity contribution is -0.116. The number of anilines is 1. The van der Waals surface area contributed by atoms with Crippen molar-refractivity contribution in [3.05, 3.63) is 101 Å². The van der Waals surface area contributed by atoms with Crippen LogP contribution in [-0.4, -0.2) is 43.9 Å². The first-order valence-electron chi connectivity index (χ1n) is 12.6. The fourth-order valence-corrected chi connectivity index (χ4v) is 4.58. The SMILES string of the molecule is NC(=O)OC[C@H]1CO[C@H](CCc2c(F)cccc2NC(=O)CC(c2ccc(F)cc2)c2ccc(F)cc2)CN1. The average Bonchev–Trinajstić information content (AvgIpc) is 2.92. The standard InChI is InChI=1S/C29H30F3N3O4/c30-20-8-4-18(5-9-20)25(19-6-10-21(31)11-7-19)14-28(36)35-27-3-1-2-26(32)24(27)13-12-23-15-34-22(16-38-23)17-39-29(33)37/h1-11,22-23,25,34H,12-17H2,(H2,33,37)(H,35,36)/t22-,23-/m1/s1. The van der Waals surface area contributed by atoms with E-state index in [-0.39, 0.29) is 31.1 Å². The Hall–Kier alpha value is -3.89. The number of benzene rings is 3. The number of carbonyl (C=O) groups is 2. The van der Waals surface area contributed by atoms with Crippen molar-refractivity contribution in [2.75, 3.05) is 25.1 Å². The minimum Gasteiger partial charge on any atom is -0.448 e. The Bertz CT molecular complexity index is 1220. The van der Waals surface area contributed by atoms with Crippen LogP contribution in [0.3, 0.4) is 0 Å². The third-order valence-corrected chi connectivity index (χ3v) is 6.64. The highest BCUT2D eigenvalue weighted by Gasteiger charge is 2.24. The largest absolute Gasteiger partial charge is 0.448 e. The Labute approximate surface area is 224 Å². The number of rotatable bonds is 10. The van der Waals surface area contributed by atoms with Gasteiger partial charge in [0.25, 0.3) is 0 Å². The highest BCUT2D eigenvalue weighted by atomic mass is 19.1. The summed E-state index contributed by atoms with van der Waals surface area (Å²) in [4.78, 5) is 23.9. The number of amides is 2. The van der Waals surface area contributed by atoms with E-state index >= 15 is 0 Å². The molecule has 10 heteroatoms. The number of ether oxygens (including phenoxy) is 2. The van der Waals surface area contributed by atoms with Gasteiger partial charge < -0.3 is 25.8 Å². The summed E-state index contributed by atoms with van der Waals surface area (Å²) in [7, 11) is 0. The number of nitrogens with two attached hydrogens (primary N) is 1. The molecule has 3 aromatic rings. The summed E-state index contributed by atoms with van der Waals surface area (Å²) in [5.74, 6) is -2.09. The Kier molecular flexibility index (Phi) is 9.56. The number of nitrogens with one attached hydrogen (secondary N) is 2. The van der Waals surface area contributed by atoms with Crippen LogP contribution in [0.2, 0.25) is 0 Å². The van der Waals surface area contributed by atoms with Crippen LogP contribution >= 0.6 is 0 Å². The van der Waals surface area contributed by atoms with Crippen LogP contribution < -0.4 is 16.4 Å². The van der Waals surface area contributed by atoms with Gasteiger partial charge in [-0.1, -0.05) is 30.3 Å². The Morgan fingerprint density at radius 1 is 1.00 bits per heavy atom. The lowest BCUT2D eigenvalue weighted by Crippen LogP contribution is -2.49. The normalized spacial score (nSPS) is 17.1. The first-order valence-corrected chi connectivity index (χ1v) is 12.6. The monoisotopic (exact) mass is 541 g/mol. The van der Waals surface area contributed by atoms with Crippen molar-refractivity contribution in [2.45, 2.75) is 37.3 Å². The van der Waals surface area contributed by atoms with Crippen LogP contribution in [0.25, 0.3) is 0 Å². The summed E-state index contributed by atoms with van der Waals surface area (Å²) < 4.78 is 52.5. The van der Waals surface area contributed by atoms with Gasteiger partial charge in [0.2, 0.25) is 5.91 Å². The molecule has 1 aliphatic rings. The predicted molar refractivity (Wildman–Crippen MR) is 140 cm³/mol. The molecule has 4 rings (SSSR count). The first-order chi connectivity index (χ1) is 18.8. The highest BCUT2D eigenvalue weighted by Crippen LogP contribution is 2.30. The molecule has 0 unspecified atom stereocenters. The summed E-state index contributed by atoms with van der Waals surface area (Å²) in [6, 6.07) is 15.9. The molecule has 4 N–H and O–H groups in total. The van der Waals surface area contributed by atoms with E-state index in [0.717, 1.165) is 0 Å². The second-order valence-corrected chi connectivity index (χ2v) is 9.40. The number of hydrogen-bond donors (Lipinski definition) is 3. The summed E-state index contributed by atoms with van der Waals surface area (Å²) in [5.41, 5.74) is 7.08. The second kappa shape index (κ2) is 13.3. The molecular weight excluding hydrogens is 511 g/mol. The van der Waals surface area contributed by atoms with E-state index in [1.807, 2.05) is 0 Å². The average molecular weight is 542 g/mol. The predicted octanol–water partition coefficient (Wildman–Crippen LogP) is 4.65. The van der Waals surface area contributed by atoms with Crippen molar-refractivity contribution in [3.63, 3.8) is 0 Å². The van der Waals surface area contributed by atoms with E-state index < -0.39 is 29.5 Å². The summed E-state index contributed by atoms with van der Waals surface area (Å²) >= 11 is 0. The summed E-state index contributed by atoms with van der Waals surface area (Å²) in [6.07, 6.45) is -0.253. The zero-order valence-corrected chi connectivity index (χ0v) is 21.2. The Balaban J connectivity index is 1.41. The van der Waals surface area contributed by atoms with Gasteiger partial charge in [-0.05, 0) is 60.4 Å². The molecule has 2 amide bonds. The van der Waals surface area contributed by atoms with E-state index in [0.29, 0.717) is 48.4 Å². The van der Waals surface area contributed by atoms with Gasteiger partial charge in [0.1, 0.15) is 24.1 Å². The minimum absolute atomic E-state index is 0.0162. The maximum Gasteiger partial charge on any atom is 0.404 e. The molecule has 3 aromatic carbocycles. The fraction of sp³-hybridized carbons (Fsp3) is 0.310. The van der Waals surface area contributed by atoms with Crippen molar-refractivity contribution >= 4 is 17.7 Å². The van der Waals surface area contributed by atoms with Crippen LogP contribution in [-0.2, 0) is 20.7 Å². The topological polar surface area (TPSA) is 103 Å². The van der Waals surface area contributed by atoms with E-state index in [2.05, 4.69) is 10.6 Å². The number of hydrogen-bond acceptors (Lipinski definition) is 5. The molecule has 0 saturated carbocycles. The molecule has 1 aliphatic heterocycles. The number of morpholine rings is 1. The highest BCUT2D eigenvalue weighted by molar-refractivity contribution is 5.92. The quantitative estimate of drug-likeness (QED) is 0.347. The maximum atomic E-state index is 14.8. The van der Waals surface area contributed by atoms with Crippen molar-refractivity contribution in [2.24, 2.45) is 5.73 Å². The third kappa shape index (κ3) is 8.05. The number of carbonyl (C=O) groups excluding carboxylic acids is 2. The van der Waals surface area contributed by atoms with E-state index in [1.165, 1.54) is 36.4 Å².